The van der Waals surface area contributed by atoms with E-state index in [1.165, 1.54) is 17.5 Å². The Hall–Kier alpha value is -2.47. The summed E-state index contributed by atoms with van der Waals surface area (Å²) in [5.74, 6) is 0.240. The Kier molecular flexibility index (Phi) is 3.56. The van der Waals surface area contributed by atoms with Crippen LogP contribution in [-0.4, -0.2) is 33.8 Å². The second-order valence-electron chi connectivity index (χ2n) is 8.34. The van der Waals surface area contributed by atoms with Gasteiger partial charge in [-0.25, -0.2) is 15.0 Å². The first-order valence-electron chi connectivity index (χ1n) is 9.58. The minimum absolute atomic E-state index is 0.0547. The second kappa shape index (κ2) is 5.76. The topological polar surface area (TPSA) is 93.6 Å². The van der Waals surface area contributed by atoms with Crippen LogP contribution in [0.2, 0.25) is 0 Å². The van der Waals surface area contributed by atoms with Crippen molar-refractivity contribution in [3.05, 3.63) is 48.0 Å². The van der Waals surface area contributed by atoms with Crippen molar-refractivity contribution in [3.63, 3.8) is 0 Å². The van der Waals surface area contributed by atoms with Gasteiger partial charge in [0, 0.05) is 23.4 Å². The third-order valence-electron chi connectivity index (χ3n) is 6.87. The molecule has 4 atom stereocenters. The molecule has 2 aliphatic carbocycles. The smallest absolute Gasteiger partial charge is 0.283 e. The maximum Gasteiger partial charge on any atom is 0.283 e. The van der Waals surface area contributed by atoms with Gasteiger partial charge in [-0.15, -0.1) is 0 Å². The van der Waals surface area contributed by atoms with E-state index in [0.717, 1.165) is 36.8 Å². The number of benzene rings is 1. The quantitative estimate of drug-likeness (QED) is 0.810. The molecule has 1 unspecified atom stereocenters. The molecule has 0 amide bonds. The standard InChI is InChI=1S/C21H24N4O2/c1-13-7-20(5-4-18(13)26)8-15-3-2-14(16-9-23-12-24-10-16)6-17(15)21(20)11-27-19(22)25-21/h2-3,6,9-10,12-13,18,26H,4-5,7-8,11H2,1H3,(H2,22,25)/t13-,18-,20-,21?/m1/s1. The van der Waals surface area contributed by atoms with Gasteiger partial charge in [0.25, 0.3) is 6.02 Å². The lowest BCUT2D eigenvalue weighted by molar-refractivity contribution is -0.0253. The van der Waals surface area contributed by atoms with Crippen LogP contribution in [0.25, 0.3) is 11.1 Å². The number of aliphatic imine (C=N–C) groups is 1. The summed E-state index contributed by atoms with van der Waals surface area (Å²) in [6, 6.07) is 6.82. The number of rotatable bonds is 1. The molecule has 1 aromatic heterocycles. The van der Waals surface area contributed by atoms with Crippen LogP contribution in [-0.2, 0) is 16.7 Å². The van der Waals surface area contributed by atoms with Gasteiger partial charge in [-0.2, -0.15) is 0 Å². The minimum Gasteiger partial charge on any atom is -0.462 e. The predicted octanol–water partition coefficient (Wildman–Crippen LogP) is 2.41. The molecule has 2 spiro atoms. The highest BCUT2D eigenvalue weighted by molar-refractivity contribution is 5.75. The van der Waals surface area contributed by atoms with E-state index in [9.17, 15) is 5.11 Å². The van der Waals surface area contributed by atoms with Gasteiger partial charge < -0.3 is 15.6 Å². The number of amidine groups is 1. The minimum atomic E-state index is -0.466. The Labute approximate surface area is 158 Å². The summed E-state index contributed by atoms with van der Waals surface area (Å²) in [6.45, 7) is 2.61. The van der Waals surface area contributed by atoms with Crippen LogP contribution in [0.4, 0.5) is 0 Å². The average Bonchev–Trinajstić information content (AvgIpc) is 3.19. The van der Waals surface area contributed by atoms with E-state index in [0.29, 0.717) is 6.61 Å². The molecule has 3 N–H and O–H groups in total. The van der Waals surface area contributed by atoms with E-state index >= 15 is 0 Å². The van der Waals surface area contributed by atoms with E-state index in [1.807, 2.05) is 12.4 Å². The van der Waals surface area contributed by atoms with Gasteiger partial charge >= 0.3 is 0 Å². The lowest BCUT2D eigenvalue weighted by atomic mass is 9.59. The molecule has 0 radical (unpaired) electrons. The Morgan fingerprint density at radius 3 is 2.74 bits per heavy atom. The number of aliphatic hydroxyl groups excluding tert-OH is 1. The zero-order valence-corrected chi connectivity index (χ0v) is 15.4. The number of hydrogen-bond acceptors (Lipinski definition) is 6. The molecule has 2 heterocycles. The molecule has 140 valence electrons. The van der Waals surface area contributed by atoms with Crippen molar-refractivity contribution >= 4 is 6.02 Å². The summed E-state index contributed by atoms with van der Waals surface area (Å²) in [6.07, 6.45) is 8.55. The lowest BCUT2D eigenvalue weighted by Gasteiger charge is -2.47. The molecule has 1 saturated carbocycles. The van der Waals surface area contributed by atoms with Crippen molar-refractivity contribution in [3.8, 4) is 11.1 Å². The highest BCUT2D eigenvalue weighted by Gasteiger charge is 2.62. The molecular formula is C21H24N4O2. The molecule has 1 aliphatic heterocycles. The summed E-state index contributed by atoms with van der Waals surface area (Å²) >= 11 is 0. The highest BCUT2D eigenvalue weighted by Crippen LogP contribution is 2.62. The number of fused-ring (bicyclic) bond motifs is 3. The molecule has 1 fully saturated rings. The van der Waals surface area contributed by atoms with Crippen LogP contribution >= 0.6 is 0 Å². The van der Waals surface area contributed by atoms with E-state index in [-0.39, 0.29) is 23.5 Å². The Bertz CT molecular complexity index is 916. The molecule has 0 bridgehead atoms. The molecule has 2 aromatic rings. The Morgan fingerprint density at radius 1 is 1.22 bits per heavy atom. The molecule has 5 rings (SSSR count). The summed E-state index contributed by atoms with van der Waals surface area (Å²) in [7, 11) is 0. The average molecular weight is 364 g/mol. The fraction of sp³-hybridized carbons (Fsp3) is 0.476. The Balaban J connectivity index is 1.65. The van der Waals surface area contributed by atoms with Crippen molar-refractivity contribution in [2.75, 3.05) is 6.61 Å². The van der Waals surface area contributed by atoms with Gasteiger partial charge in [-0.05, 0) is 54.4 Å². The second-order valence-corrected chi connectivity index (χ2v) is 8.34. The Morgan fingerprint density at radius 2 is 2.04 bits per heavy atom. The number of ether oxygens (including phenoxy) is 1. The third kappa shape index (κ3) is 2.32. The number of aromatic nitrogens is 2. The first kappa shape index (κ1) is 16.7. The molecule has 0 saturated heterocycles. The van der Waals surface area contributed by atoms with Gasteiger partial charge in [0.1, 0.15) is 18.5 Å². The van der Waals surface area contributed by atoms with Gasteiger partial charge in [0.05, 0.1) is 6.10 Å². The van der Waals surface area contributed by atoms with E-state index in [2.05, 4.69) is 35.1 Å². The number of nitrogens with zero attached hydrogens (tertiary/aromatic N) is 3. The molecule has 3 aliphatic rings. The van der Waals surface area contributed by atoms with Crippen LogP contribution in [0.3, 0.4) is 0 Å². The van der Waals surface area contributed by atoms with Gasteiger partial charge in [-0.1, -0.05) is 19.1 Å². The number of hydrogen-bond donors (Lipinski definition) is 2. The monoisotopic (exact) mass is 364 g/mol. The number of nitrogens with two attached hydrogens (primary N) is 1. The van der Waals surface area contributed by atoms with E-state index < -0.39 is 5.54 Å². The van der Waals surface area contributed by atoms with Crippen LogP contribution < -0.4 is 5.73 Å². The first-order valence-corrected chi connectivity index (χ1v) is 9.58. The van der Waals surface area contributed by atoms with Gasteiger partial charge in [0.2, 0.25) is 0 Å². The first-order chi connectivity index (χ1) is 13.0. The zero-order chi connectivity index (χ0) is 18.6. The fourth-order valence-electron chi connectivity index (χ4n) is 5.48. The van der Waals surface area contributed by atoms with Crippen molar-refractivity contribution in [1.82, 2.24) is 9.97 Å². The van der Waals surface area contributed by atoms with Crippen molar-refractivity contribution in [2.24, 2.45) is 22.1 Å². The highest BCUT2D eigenvalue weighted by atomic mass is 16.5. The third-order valence-corrected chi connectivity index (χ3v) is 6.87. The summed E-state index contributed by atoms with van der Waals surface area (Å²) in [5.41, 5.74) is 10.1. The van der Waals surface area contributed by atoms with Crippen LogP contribution in [0, 0.1) is 11.3 Å². The number of aliphatic hydroxyl groups is 1. The molecule has 1 aromatic carbocycles. The normalized spacial score (nSPS) is 34.5. The van der Waals surface area contributed by atoms with Crippen molar-refractivity contribution < 1.29 is 9.84 Å². The van der Waals surface area contributed by atoms with Crippen molar-refractivity contribution in [1.29, 1.82) is 0 Å². The van der Waals surface area contributed by atoms with Gasteiger partial charge in [-0.3, -0.25) is 0 Å². The largest absolute Gasteiger partial charge is 0.462 e. The van der Waals surface area contributed by atoms with Crippen LogP contribution in [0.1, 0.15) is 37.3 Å². The fourth-order valence-corrected chi connectivity index (χ4v) is 5.48. The summed E-state index contributed by atoms with van der Waals surface area (Å²) < 4.78 is 5.72. The van der Waals surface area contributed by atoms with Crippen LogP contribution in [0.5, 0.6) is 0 Å². The summed E-state index contributed by atoms with van der Waals surface area (Å²) in [4.78, 5) is 13.2. The maximum absolute atomic E-state index is 10.3. The SMILES string of the molecule is C[C@@H]1C[C@]2(CC[C@H]1O)Cc1ccc(-c3cncnc3)cc1C21COC(N)=N1. The van der Waals surface area contributed by atoms with Gasteiger partial charge in [0.15, 0.2) is 0 Å². The van der Waals surface area contributed by atoms with Crippen LogP contribution in [0.15, 0.2) is 41.9 Å². The van der Waals surface area contributed by atoms with E-state index in [4.69, 9.17) is 15.5 Å². The molecule has 6 nitrogen and oxygen atoms in total. The molecular weight excluding hydrogens is 340 g/mol. The molecule has 6 heteroatoms. The van der Waals surface area contributed by atoms with E-state index in [1.54, 1.807) is 0 Å². The maximum atomic E-state index is 10.3. The van der Waals surface area contributed by atoms with Crippen molar-refractivity contribution in [2.45, 2.75) is 44.2 Å². The predicted molar refractivity (Wildman–Crippen MR) is 102 cm³/mol. The zero-order valence-electron chi connectivity index (χ0n) is 15.4. The summed E-state index contributed by atoms with van der Waals surface area (Å²) in [5, 5.41) is 10.3. The lowest BCUT2D eigenvalue weighted by Crippen LogP contribution is -2.48. The molecule has 27 heavy (non-hydrogen) atoms.